The number of sulfone groups is 1. The second kappa shape index (κ2) is 8.01. The van der Waals surface area contributed by atoms with E-state index in [1.807, 2.05) is 30.3 Å². The minimum absolute atomic E-state index is 0.0393. The highest BCUT2D eigenvalue weighted by molar-refractivity contribution is 7.99. The summed E-state index contributed by atoms with van der Waals surface area (Å²) in [4.78, 5) is 11.9. The lowest BCUT2D eigenvalue weighted by molar-refractivity contribution is -0.118. The van der Waals surface area contributed by atoms with Gasteiger partial charge in [-0.05, 0) is 17.9 Å². The number of benzene rings is 1. The Morgan fingerprint density at radius 2 is 2.08 bits per heavy atom. The SMILES string of the molecule is O=C(CSc1nnc(C[C@H]2CCS(=O)(=O)C2)o1)NCc1ccccc1. The smallest absolute Gasteiger partial charge is 0.277 e. The molecule has 2 heterocycles. The number of carbonyl (C=O) groups is 1. The van der Waals surface area contributed by atoms with Crippen molar-refractivity contribution in [1.29, 1.82) is 0 Å². The Kier molecular flexibility index (Phi) is 5.74. The van der Waals surface area contributed by atoms with Crippen molar-refractivity contribution < 1.29 is 17.6 Å². The van der Waals surface area contributed by atoms with Crippen molar-refractivity contribution in [1.82, 2.24) is 15.5 Å². The summed E-state index contributed by atoms with van der Waals surface area (Å²) in [6, 6.07) is 9.66. The molecule has 0 saturated carbocycles. The normalized spacial score (nSPS) is 19.0. The van der Waals surface area contributed by atoms with Crippen LogP contribution in [-0.2, 0) is 27.6 Å². The Hall–Kier alpha value is -1.87. The molecule has 0 spiro atoms. The summed E-state index contributed by atoms with van der Waals surface area (Å²) in [6.45, 7) is 0.478. The van der Waals surface area contributed by atoms with Gasteiger partial charge in [0.05, 0.1) is 17.3 Å². The van der Waals surface area contributed by atoms with E-state index in [4.69, 9.17) is 4.42 Å². The fraction of sp³-hybridized carbons (Fsp3) is 0.438. The molecule has 9 heteroatoms. The molecule has 0 radical (unpaired) electrons. The first-order chi connectivity index (χ1) is 12.0. The molecule has 0 unspecified atom stereocenters. The minimum Gasteiger partial charge on any atom is -0.416 e. The Morgan fingerprint density at radius 1 is 1.28 bits per heavy atom. The van der Waals surface area contributed by atoms with Gasteiger partial charge in [-0.3, -0.25) is 4.79 Å². The molecular formula is C16H19N3O4S2. The molecule has 0 aliphatic carbocycles. The van der Waals surface area contributed by atoms with Gasteiger partial charge in [-0.2, -0.15) is 0 Å². The molecule has 134 valence electrons. The number of rotatable bonds is 7. The third-order valence-electron chi connectivity index (χ3n) is 3.90. The van der Waals surface area contributed by atoms with Gasteiger partial charge in [0.15, 0.2) is 9.84 Å². The van der Waals surface area contributed by atoms with Crippen LogP contribution in [0.25, 0.3) is 0 Å². The monoisotopic (exact) mass is 381 g/mol. The third kappa shape index (κ3) is 5.57. The molecule has 1 aromatic heterocycles. The van der Waals surface area contributed by atoms with Gasteiger partial charge in [0, 0.05) is 13.0 Å². The second-order valence-electron chi connectivity index (χ2n) is 5.99. The number of nitrogens with zero attached hydrogens (tertiary/aromatic N) is 2. The van der Waals surface area contributed by atoms with E-state index in [0.29, 0.717) is 30.5 Å². The molecule has 0 bridgehead atoms. The summed E-state index contributed by atoms with van der Waals surface area (Å²) >= 11 is 1.17. The van der Waals surface area contributed by atoms with E-state index in [1.54, 1.807) is 0 Å². The van der Waals surface area contributed by atoms with Gasteiger partial charge in [-0.25, -0.2) is 8.42 Å². The number of thioether (sulfide) groups is 1. The van der Waals surface area contributed by atoms with Gasteiger partial charge in [0.2, 0.25) is 11.8 Å². The zero-order valence-corrected chi connectivity index (χ0v) is 15.2. The highest BCUT2D eigenvalue weighted by atomic mass is 32.2. The molecule has 1 aromatic carbocycles. The maximum Gasteiger partial charge on any atom is 0.277 e. The Labute approximate surface area is 150 Å². The standard InChI is InChI=1S/C16H19N3O4S2/c20-14(17-9-12-4-2-1-3-5-12)10-24-16-19-18-15(23-16)8-13-6-7-25(21,22)11-13/h1-5,13H,6-11H2,(H,17,20)/t13-/m1/s1. The van der Waals surface area contributed by atoms with E-state index in [1.165, 1.54) is 11.8 Å². The van der Waals surface area contributed by atoms with Crippen molar-refractivity contribution >= 4 is 27.5 Å². The molecule has 3 rings (SSSR count). The molecule has 25 heavy (non-hydrogen) atoms. The fourth-order valence-electron chi connectivity index (χ4n) is 2.63. The number of nitrogens with one attached hydrogen (secondary N) is 1. The van der Waals surface area contributed by atoms with Crippen LogP contribution >= 0.6 is 11.8 Å². The van der Waals surface area contributed by atoms with E-state index in [-0.39, 0.29) is 29.1 Å². The number of hydrogen-bond donors (Lipinski definition) is 1. The molecule has 1 aliphatic heterocycles. The lowest BCUT2D eigenvalue weighted by Crippen LogP contribution is -2.24. The molecule has 1 N–H and O–H groups in total. The van der Waals surface area contributed by atoms with Crippen LogP contribution < -0.4 is 5.32 Å². The molecule has 1 aliphatic rings. The predicted octanol–water partition coefficient (Wildman–Crippen LogP) is 1.46. The Bertz CT molecular complexity index is 821. The van der Waals surface area contributed by atoms with Crippen LogP contribution in [0.15, 0.2) is 40.0 Å². The number of aromatic nitrogens is 2. The predicted molar refractivity (Wildman–Crippen MR) is 93.8 cm³/mol. The lowest BCUT2D eigenvalue weighted by atomic mass is 10.1. The summed E-state index contributed by atoms with van der Waals surface area (Å²) in [5.41, 5.74) is 1.03. The summed E-state index contributed by atoms with van der Waals surface area (Å²) in [7, 11) is -2.91. The van der Waals surface area contributed by atoms with Crippen molar-refractivity contribution in [3.05, 3.63) is 41.8 Å². The average molecular weight is 381 g/mol. The van der Waals surface area contributed by atoms with Crippen molar-refractivity contribution in [2.45, 2.75) is 24.6 Å². The van der Waals surface area contributed by atoms with Crippen LogP contribution in [0, 0.1) is 5.92 Å². The summed E-state index contributed by atoms with van der Waals surface area (Å²) < 4.78 is 28.4. The zero-order chi connectivity index (χ0) is 17.7. The second-order valence-corrected chi connectivity index (χ2v) is 9.14. The Morgan fingerprint density at radius 3 is 2.80 bits per heavy atom. The summed E-state index contributed by atoms with van der Waals surface area (Å²) in [6.07, 6.45) is 1.10. The molecule has 1 amide bonds. The highest BCUT2D eigenvalue weighted by Crippen LogP contribution is 2.23. The van der Waals surface area contributed by atoms with Gasteiger partial charge in [-0.15, -0.1) is 10.2 Å². The maximum atomic E-state index is 11.9. The van der Waals surface area contributed by atoms with Gasteiger partial charge < -0.3 is 9.73 Å². The van der Waals surface area contributed by atoms with Crippen molar-refractivity contribution in [2.75, 3.05) is 17.3 Å². The molecule has 7 nitrogen and oxygen atoms in total. The first-order valence-corrected chi connectivity index (χ1v) is 10.8. The van der Waals surface area contributed by atoms with Crippen LogP contribution in [-0.4, -0.2) is 41.8 Å². The van der Waals surface area contributed by atoms with Crippen LogP contribution in [0.3, 0.4) is 0 Å². The summed E-state index contributed by atoms with van der Waals surface area (Å²) in [5, 5.41) is 11.0. The number of amides is 1. The maximum absolute atomic E-state index is 11.9. The topological polar surface area (TPSA) is 102 Å². The van der Waals surface area contributed by atoms with Crippen LogP contribution in [0.1, 0.15) is 17.9 Å². The average Bonchev–Trinajstić information content (AvgIpc) is 3.18. The van der Waals surface area contributed by atoms with E-state index >= 15 is 0 Å². The third-order valence-corrected chi connectivity index (χ3v) is 6.55. The summed E-state index contributed by atoms with van der Waals surface area (Å²) in [5.74, 6) is 0.948. The molecule has 1 saturated heterocycles. The van der Waals surface area contributed by atoms with E-state index in [0.717, 1.165) is 5.56 Å². The Balaban J connectivity index is 1.41. The van der Waals surface area contributed by atoms with E-state index < -0.39 is 9.84 Å². The molecule has 1 atom stereocenters. The zero-order valence-electron chi connectivity index (χ0n) is 13.6. The van der Waals surface area contributed by atoms with Crippen molar-refractivity contribution in [3.63, 3.8) is 0 Å². The van der Waals surface area contributed by atoms with Gasteiger partial charge in [0.1, 0.15) is 0 Å². The fourth-order valence-corrected chi connectivity index (χ4v) is 5.11. The minimum atomic E-state index is -2.91. The van der Waals surface area contributed by atoms with Gasteiger partial charge in [-0.1, -0.05) is 42.1 Å². The highest BCUT2D eigenvalue weighted by Gasteiger charge is 2.29. The van der Waals surface area contributed by atoms with E-state index in [2.05, 4.69) is 15.5 Å². The van der Waals surface area contributed by atoms with Crippen LogP contribution in [0.5, 0.6) is 0 Å². The number of carbonyl (C=O) groups excluding carboxylic acids is 1. The largest absolute Gasteiger partial charge is 0.416 e. The lowest BCUT2D eigenvalue weighted by Gasteiger charge is -2.04. The molecular weight excluding hydrogens is 362 g/mol. The number of hydrogen-bond acceptors (Lipinski definition) is 7. The van der Waals surface area contributed by atoms with Crippen molar-refractivity contribution in [3.8, 4) is 0 Å². The first kappa shape index (κ1) is 17.9. The van der Waals surface area contributed by atoms with Crippen LogP contribution in [0.2, 0.25) is 0 Å². The first-order valence-electron chi connectivity index (χ1n) is 7.96. The van der Waals surface area contributed by atoms with Crippen molar-refractivity contribution in [2.24, 2.45) is 5.92 Å². The van der Waals surface area contributed by atoms with Crippen LogP contribution in [0.4, 0.5) is 0 Å². The van der Waals surface area contributed by atoms with Gasteiger partial charge in [0.25, 0.3) is 5.22 Å². The molecule has 2 aromatic rings. The van der Waals surface area contributed by atoms with Gasteiger partial charge >= 0.3 is 0 Å². The quantitative estimate of drug-likeness (QED) is 0.724. The molecule has 1 fully saturated rings. The van der Waals surface area contributed by atoms with E-state index in [9.17, 15) is 13.2 Å².